The maximum Gasteiger partial charge on any atom is 0.435 e. The number of carbonyl (C=O) groups excluding carboxylic acids is 1. The number of hydrogen-bond acceptors (Lipinski definition) is 2. The molecule has 0 aromatic carbocycles. The van der Waals surface area contributed by atoms with Gasteiger partial charge in [0.2, 0.25) is 5.91 Å². The fourth-order valence-electron chi connectivity index (χ4n) is 3.22. The van der Waals surface area contributed by atoms with E-state index < -0.39 is 17.9 Å². The first kappa shape index (κ1) is 17.8. The van der Waals surface area contributed by atoms with Gasteiger partial charge in [0.15, 0.2) is 5.69 Å². The summed E-state index contributed by atoms with van der Waals surface area (Å²) in [5, 5.41) is 6.55. The van der Waals surface area contributed by atoms with Crippen molar-refractivity contribution in [3.8, 4) is 0 Å². The van der Waals surface area contributed by atoms with E-state index in [-0.39, 0.29) is 11.9 Å². The molecule has 1 N–H and O–H groups in total. The first-order valence-electron chi connectivity index (χ1n) is 8.05. The molecule has 0 bridgehead atoms. The number of halogens is 3. The summed E-state index contributed by atoms with van der Waals surface area (Å²) in [7, 11) is 0. The van der Waals surface area contributed by atoms with Crippen LogP contribution in [0.1, 0.15) is 57.5 Å². The summed E-state index contributed by atoms with van der Waals surface area (Å²) in [6, 6.07) is 0.275. The van der Waals surface area contributed by atoms with E-state index in [1.54, 1.807) is 6.92 Å². The molecule has 1 amide bonds. The molecule has 1 heterocycles. The smallest absolute Gasteiger partial charge is 0.351 e. The third-order valence-electron chi connectivity index (χ3n) is 4.99. The van der Waals surface area contributed by atoms with E-state index in [0.29, 0.717) is 17.5 Å². The van der Waals surface area contributed by atoms with E-state index in [9.17, 15) is 18.0 Å². The van der Waals surface area contributed by atoms with Gasteiger partial charge in [-0.25, -0.2) is 0 Å². The second-order valence-electron chi connectivity index (χ2n) is 6.67. The molecule has 1 aliphatic carbocycles. The molecule has 1 aromatic rings. The van der Waals surface area contributed by atoms with Gasteiger partial charge in [0, 0.05) is 11.7 Å². The third-order valence-corrected chi connectivity index (χ3v) is 4.99. The summed E-state index contributed by atoms with van der Waals surface area (Å²) >= 11 is 0. The maximum atomic E-state index is 12.7. The molecule has 4 nitrogen and oxygen atoms in total. The molecule has 0 radical (unpaired) electrons. The number of hydrogen-bond donors (Lipinski definition) is 1. The van der Waals surface area contributed by atoms with Gasteiger partial charge in [0.25, 0.3) is 0 Å². The van der Waals surface area contributed by atoms with E-state index in [4.69, 9.17) is 0 Å². The average molecular weight is 331 g/mol. The molecule has 0 spiro atoms. The van der Waals surface area contributed by atoms with E-state index in [2.05, 4.69) is 24.3 Å². The van der Waals surface area contributed by atoms with Gasteiger partial charge in [-0.15, -0.1) is 0 Å². The second kappa shape index (κ2) is 6.53. The Hall–Kier alpha value is -1.53. The Morgan fingerprint density at radius 3 is 2.61 bits per heavy atom. The van der Waals surface area contributed by atoms with Gasteiger partial charge in [-0.1, -0.05) is 26.7 Å². The predicted molar refractivity (Wildman–Crippen MR) is 80.8 cm³/mol. The summed E-state index contributed by atoms with van der Waals surface area (Å²) in [5.74, 6) is 0.618. The lowest BCUT2D eigenvalue weighted by molar-refractivity contribution is -0.142. The molecule has 0 unspecified atom stereocenters. The van der Waals surface area contributed by atoms with Crippen molar-refractivity contribution in [2.75, 3.05) is 0 Å². The van der Waals surface area contributed by atoms with E-state index >= 15 is 0 Å². The standard InChI is InChI=1S/C16H24F3N3O/c1-9-6-5-7-13(11(9)3)20-15(23)12(4)22-10(2)8-14(21-22)16(17,18)19/h8-9,11-13H,5-7H2,1-4H3,(H,20,23)/t9-,11+,12-,13-/m1/s1. The molecule has 1 fully saturated rings. The highest BCUT2D eigenvalue weighted by atomic mass is 19.4. The molecule has 1 aromatic heterocycles. The van der Waals surface area contributed by atoms with Crippen LogP contribution in [-0.4, -0.2) is 21.7 Å². The Labute approximate surface area is 134 Å². The molecule has 1 saturated carbocycles. The Morgan fingerprint density at radius 2 is 2.04 bits per heavy atom. The number of amides is 1. The van der Waals surface area contributed by atoms with Crippen LogP contribution >= 0.6 is 0 Å². The normalized spacial score (nSPS) is 26.8. The Bertz CT molecular complexity index is 567. The van der Waals surface area contributed by atoms with Crippen molar-refractivity contribution in [1.82, 2.24) is 15.1 Å². The fourth-order valence-corrected chi connectivity index (χ4v) is 3.22. The molecule has 0 aliphatic heterocycles. The molecule has 2 rings (SSSR count). The van der Waals surface area contributed by atoms with Crippen LogP contribution in [0.3, 0.4) is 0 Å². The zero-order valence-corrected chi connectivity index (χ0v) is 13.9. The predicted octanol–water partition coefficient (Wildman–Crippen LogP) is 3.71. The first-order chi connectivity index (χ1) is 10.6. The monoisotopic (exact) mass is 331 g/mol. The van der Waals surface area contributed by atoms with Crippen molar-refractivity contribution in [1.29, 1.82) is 0 Å². The number of nitrogens with one attached hydrogen (secondary N) is 1. The van der Waals surface area contributed by atoms with Crippen LogP contribution < -0.4 is 5.32 Å². The summed E-state index contributed by atoms with van der Waals surface area (Å²) in [6.45, 7) is 7.38. The molecule has 4 atom stereocenters. The topological polar surface area (TPSA) is 46.9 Å². The lowest BCUT2D eigenvalue weighted by atomic mass is 9.78. The zero-order valence-electron chi connectivity index (χ0n) is 13.9. The summed E-state index contributed by atoms with van der Waals surface area (Å²) in [5.41, 5.74) is -0.639. The minimum absolute atomic E-state index is 0.0756. The lowest BCUT2D eigenvalue weighted by Crippen LogP contribution is -2.46. The van der Waals surface area contributed by atoms with Gasteiger partial charge in [-0.2, -0.15) is 18.3 Å². The summed E-state index contributed by atoms with van der Waals surface area (Å²) in [6.07, 6.45) is -1.38. The van der Waals surface area contributed by atoms with Crippen LogP contribution in [0.4, 0.5) is 13.2 Å². The molecular formula is C16H24F3N3O. The van der Waals surface area contributed by atoms with E-state index in [1.165, 1.54) is 6.92 Å². The van der Waals surface area contributed by atoms with Crippen LogP contribution in [0.15, 0.2) is 6.07 Å². The number of aryl methyl sites for hydroxylation is 1. The lowest BCUT2D eigenvalue weighted by Gasteiger charge is -2.35. The van der Waals surface area contributed by atoms with Crippen LogP contribution in [0, 0.1) is 18.8 Å². The van der Waals surface area contributed by atoms with Crippen molar-refractivity contribution in [2.24, 2.45) is 11.8 Å². The molecule has 1 aliphatic rings. The number of alkyl halides is 3. The van der Waals surface area contributed by atoms with Crippen molar-refractivity contribution >= 4 is 5.91 Å². The molecule has 23 heavy (non-hydrogen) atoms. The van der Waals surface area contributed by atoms with Crippen LogP contribution in [0.25, 0.3) is 0 Å². The van der Waals surface area contributed by atoms with Crippen molar-refractivity contribution < 1.29 is 18.0 Å². The summed E-state index contributed by atoms with van der Waals surface area (Å²) < 4.78 is 39.4. The highest BCUT2D eigenvalue weighted by molar-refractivity contribution is 5.80. The van der Waals surface area contributed by atoms with E-state index in [0.717, 1.165) is 30.0 Å². The average Bonchev–Trinajstić information content (AvgIpc) is 2.85. The van der Waals surface area contributed by atoms with Crippen LogP contribution in [0.2, 0.25) is 0 Å². The van der Waals surface area contributed by atoms with E-state index in [1.807, 2.05) is 0 Å². The highest BCUT2D eigenvalue weighted by Gasteiger charge is 2.36. The van der Waals surface area contributed by atoms with Crippen molar-refractivity contribution in [2.45, 2.75) is 65.2 Å². The molecular weight excluding hydrogens is 307 g/mol. The maximum absolute atomic E-state index is 12.7. The first-order valence-corrected chi connectivity index (χ1v) is 8.05. The Kier molecular flexibility index (Phi) is 5.06. The fraction of sp³-hybridized carbons (Fsp3) is 0.750. The Balaban J connectivity index is 2.09. The van der Waals surface area contributed by atoms with Gasteiger partial charge in [-0.05, 0) is 38.2 Å². The van der Waals surface area contributed by atoms with Crippen molar-refractivity contribution in [3.63, 3.8) is 0 Å². The minimum atomic E-state index is -4.50. The number of nitrogens with zero attached hydrogens (tertiary/aromatic N) is 2. The molecule has 130 valence electrons. The highest BCUT2D eigenvalue weighted by Crippen LogP contribution is 2.31. The molecule has 0 saturated heterocycles. The summed E-state index contributed by atoms with van der Waals surface area (Å²) in [4.78, 5) is 12.4. The Morgan fingerprint density at radius 1 is 1.39 bits per heavy atom. The zero-order chi connectivity index (χ0) is 17.4. The number of carbonyl (C=O) groups is 1. The van der Waals surface area contributed by atoms with Crippen LogP contribution in [0.5, 0.6) is 0 Å². The van der Waals surface area contributed by atoms with Crippen LogP contribution in [-0.2, 0) is 11.0 Å². The van der Waals surface area contributed by atoms with Crippen molar-refractivity contribution in [3.05, 3.63) is 17.5 Å². The largest absolute Gasteiger partial charge is 0.435 e. The molecule has 7 heteroatoms. The van der Waals surface area contributed by atoms with Gasteiger partial charge in [-0.3, -0.25) is 9.48 Å². The van der Waals surface area contributed by atoms with Gasteiger partial charge in [0.05, 0.1) is 0 Å². The minimum Gasteiger partial charge on any atom is -0.351 e. The quantitative estimate of drug-likeness (QED) is 0.918. The number of rotatable bonds is 3. The second-order valence-corrected chi connectivity index (χ2v) is 6.67. The van der Waals surface area contributed by atoms with Gasteiger partial charge in [0.1, 0.15) is 6.04 Å². The SMILES string of the molecule is Cc1cc(C(F)(F)F)nn1[C@H](C)C(=O)N[C@@H]1CCC[C@@H](C)[C@@H]1C. The number of aromatic nitrogens is 2. The third kappa shape index (κ3) is 3.87. The van der Waals surface area contributed by atoms with Gasteiger partial charge >= 0.3 is 6.18 Å². The van der Waals surface area contributed by atoms with Gasteiger partial charge < -0.3 is 5.32 Å².